The Bertz CT molecular complexity index is 618. The number of halogens is 1. The molecular formula is C18H31IN6O. The van der Waals surface area contributed by atoms with E-state index in [0.717, 1.165) is 43.9 Å². The molecule has 3 rings (SSSR count). The molecule has 2 saturated heterocycles. The van der Waals surface area contributed by atoms with E-state index in [9.17, 15) is 0 Å². The summed E-state index contributed by atoms with van der Waals surface area (Å²) in [5, 5.41) is 11.7. The normalized spacial score (nSPS) is 23.6. The van der Waals surface area contributed by atoms with Crippen LogP contribution in [0, 0.1) is 12.3 Å². The first kappa shape index (κ1) is 21.1. The maximum atomic E-state index is 5.80. The number of aliphatic imine (C=N–C) groups is 1. The standard InChI is InChI=1S/C18H30N6O.HI/c1-4-9-19-17(20-12-16-22-21-15(2)23(16)3)24-10-5-7-18(13-24)8-6-11-25-14-18;/h4H,1,5-14H2,2-3H3,(H,19,20);1H. The van der Waals surface area contributed by atoms with Crippen LogP contribution in [0.3, 0.4) is 0 Å². The van der Waals surface area contributed by atoms with E-state index in [1.165, 1.54) is 25.7 Å². The molecule has 2 aliphatic heterocycles. The number of ether oxygens (including phenoxy) is 1. The molecule has 0 saturated carbocycles. The fourth-order valence-electron chi connectivity index (χ4n) is 3.79. The fourth-order valence-corrected chi connectivity index (χ4v) is 3.79. The van der Waals surface area contributed by atoms with Crippen molar-refractivity contribution in [1.29, 1.82) is 0 Å². The number of hydrogen-bond acceptors (Lipinski definition) is 4. The summed E-state index contributed by atoms with van der Waals surface area (Å²) in [4.78, 5) is 7.21. The van der Waals surface area contributed by atoms with Crippen molar-refractivity contribution in [3.8, 4) is 0 Å². The summed E-state index contributed by atoms with van der Waals surface area (Å²) in [5.74, 6) is 2.72. The molecule has 1 unspecified atom stereocenters. The van der Waals surface area contributed by atoms with Crippen LogP contribution in [0.25, 0.3) is 0 Å². The lowest BCUT2D eigenvalue weighted by Gasteiger charge is -2.45. The largest absolute Gasteiger partial charge is 0.381 e. The molecule has 8 heteroatoms. The van der Waals surface area contributed by atoms with Gasteiger partial charge in [-0.15, -0.1) is 40.8 Å². The van der Waals surface area contributed by atoms with Gasteiger partial charge in [-0.1, -0.05) is 6.08 Å². The monoisotopic (exact) mass is 474 g/mol. The van der Waals surface area contributed by atoms with E-state index < -0.39 is 0 Å². The molecule has 0 radical (unpaired) electrons. The van der Waals surface area contributed by atoms with Crippen molar-refractivity contribution in [2.45, 2.75) is 39.2 Å². The van der Waals surface area contributed by atoms with Gasteiger partial charge in [0, 0.05) is 38.7 Å². The molecule has 1 aromatic heterocycles. The Kier molecular flexibility index (Phi) is 7.87. The van der Waals surface area contributed by atoms with Crippen molar-refractivity contribution >= 4 is 29.9 Å². The Morgan fingerprint density at radius 1 is 1.38 bits per heavy atom. The molecule has 0 bridgehead atoms. The zero-order chi connectivity index (χ0) is 17.7. The first-order chi connectivity index (χ1) is 12.1. The van der Waals surface area contributed by atoms with Crippen molar-refractivity contribution < 1.29 is 4.74 Å². The van der Waals surface area contributed by atoms with Gasteiger partial charge in [-0.3, -0.25) is 0 Å². The number of aryl methyl sites for hydroxylation is 1. The van der Waals surface area contributed by atoms with Crippen LogP contribution in [0.5, 0.6) is 0 Å². The van der Waals surface area contributed by atoms with Gasteiger partial charge in [0.25, 0.3) is 0 Å². The van der Waals surface area contributed by atoms with Crippen LogP contribution in [-0.4, -0.2) is 58.5 Å². The molecular weight excluding hydrogens is 443 g/mol. The van der Waals surface area contributed by atoms with Crippen LogP contribution < -0.4 is 5.32 Å². The van der Waals surface area contributed by atoms with Crippen molar-refractivity contribution in [2.24, 2.45) is 17.5 Å². The molecule has 0 aromatic carbocycles. The summed E-state index contributed by atoms with van der Waals surface area (Å²) in [7, 11) is 1.98. The molecule has 0 amide bonds. The number of nitrogens with one attached hydrogen (secondary N) is 1. The smallest absolute Gasteiger partial charge is 0.194 e. The van der Waals surface area contributed by atoms with Gasteiger partial charge in [-0.05, 0) is 32.6 Å². The molecule has 1 atom stereocenters. The molecule has 2 aliphatic rings. The van der Waals surface area contributed by atoms with E-state index >= 15 is 0 Å². The van der Waals surface area contributed by atoms with E-state index in [4.69, 9.17) is 9.73 Å². The van der Waals surface area contributed by atoms with Gasteiger partial charge in [0.2, 0.25) is 0 Å². The Morgan fingerprint density at radius 2 is 2.19 bits per heavy atom. The molecule has 1 aromatic rings. The van der Waals surface area contributed by atoms with Gasteiger partial charge in [0.05, 0.1) is 6.61 Å². The Labute approximate surface area is 173 Å². The number of piperidine rings is 1. The Hall–Kier alpha value is -1.16. The molecule has 3 heterocycles. The summed E-state index contributed by atoms with van der Waals surface area (Å²) >= 11 is 0. The minimum atomic E-state index is 0. The minimum absolute atomic E-state index is 0. The minimum Gasteiger partial charge on any atom is -0.381 e. The Morgan fingerprint density at radius 3 is 2.85 bits per heavy atom. The van der Waals surface area contributed by atoms with Gasteiger partial charge in [0.1, 0.15) is 12.4 Å². The zero-order valence-corrected chi connectivity index (χ0v) is 18.2. The second kappa shape index (κ2) is 9.68. The van der Waals surface area contributed by atoms with Crippen LogP contribution in [0.4, 0.5) is 0 Å². The van der Waals surface area contributed by atoms with Crippen LogP contribution in [-0.2, 0) is 18.3 Å². The molecule has 2 fully saturated rings. The van der Waals surface area contributed by atoms with E-state index in [-0.39, 0.29) is 29.4 Å². The van der Waals surface area contributed by atoms with Gasteiger partial charge in [-0.2, -0.15) is 0 Å². The first-order valence-electron chi connectivity index (χ1n) is 9.20. The molecule has 26 heavy (non-hydrogen) atoms. The zero-order valence-electron chi connectivity index (χ0n) is 15.9. The number of hydrogen-bond donors (Lipinski definition) is 1. The highest BCUT2D eigenvalue weighted by Crippen LogP contribution is 2.37. The highest BCUT2D eigenvalue weighted by molar-refractivity contribution is 14.0. The number of likely N-dealkylation sites (tertiary alicyclic amines) is 1. The van der Waals surface area contributed by atoms with Crippen LogP contribution in [0.2, 0.25) is 0 Å². The first-order valence-corrected chi connectivity index (χ1v) is 9.20. The molecule has 1 N–H and O–H groups in total. The highest BCUT2D eigenvalue weighted by atomic mass is 127. The third-order valence-corrected chi connectivity index (χ3v) is 5.32. The lowest BCUT2D eigenvalue weighted by Crippen LogP contribution is -2.53. The van der Waals surface area contributed by atoms with Gasteiger partial charge < -0.3 is 19.5 Å². The second-order valence-electron chi connectivity index (χ2n) is 7.21. The summed E-state index contributed by atoms with van der Waals surface area (Å²) in [6.07, 6.45) is 6.71. The predicted molar refractivity (Wildman–Crippen MR) is 114 cm³/mol. The lowest BCUT2D eigenvalue weighted by molar-refractivity contribution is -0.0370. The van der Waals surface area contributed by atoms with Gasteiger partial charge in [0.15, 0.2) is 11.8 Å². The van der Waals surface area contributed by atoms with Crippen molar-refractivity contribution in [2.75, 3.05) is 32.8 Å². The average Bonchev–Trinajstić information content (AvgIpc) is 2.94. The van der Waals surface area contributed by atoms with E-state index in [0.29, 0.717) is 13.1 Å². The van der Waals surface area contributed by atoms with E-state index in [2.05, 4.69) is 27.0 Å². The Balaban J connectivity index is 0.00000243. The number of aromatic nitrogens is 3. The van der Waals surface area contributed by atoms with Crippen LogP contribution in [0.1, 0.15) is 37.3 Å². The molecule has 146 valence electrons. The third kappa shape index (κ3) is 4.97. The summed E-state index contributed by atoms with van der Waals surface area (Å²) in [6.45, 7) is 10.8. The SMILES string of the molecule is C=CCNC(=NCc1nnc(C)n1C)N1CCCC2(CCCOC2)C1.I. The molecule has 0 aliphatic carbocycles. The summed E-state index contributed by atoms with van der Waals surface area (Å²) in [5.41, 5.74) is 0.286. The summed E-state index contributed by atoms with van der Waals surface area (Å²) < 4.78 is 7.78. The topological polar surface area (TPSA) is 67.6 Å². The highest BCUT2D eigenvalue weighted by Gasteiger charge is 2.38. The van der Waals surface area contributed by atoms with Crippen LogP contribution >= 0.6 is 24.0 Å². The van der Waals surface area contributed by atoms with Crippen molar-refractivity contribution in [3.63, 3.8) is 0 Å². The fraction of sp³-hybridized carbons (Fsp3) is 0.722. The maximum Gasteiger partial charge on any atom is 0.194 e. The lowest BCUT2D eigenvalue weighted by atomic mass is 9.76. The maximum absolute atomic E-state index is 5.80. The quantitative estimate of drug-likeness (QED) is 0.314. The predicted octanol–water partition coefficient (Wildman–Crippen LogP) is 2.27. The van der Waals surface area contributed by atoms with E-state index in [1.807, 2.05) is 24.6 Å². The number of rotatable bonds is 4. The third-order valence-electron chi connectivity index (χ3n) is 5.32. The van der Waals surface area contributed by atoms with Gasteiger partial charge in [-0.25, -0.2) is 4.99 Å². The number of guanidine groups is 1. The molecule has 1 spiro atoms. The van der Waals surface area contributed by atoms with Crippen molar-refractivity contribution in [1.82, 2.24) is 25.0 Å². The van der Waals surface area contributed by atoms with Crippen LogP contribution in [0.15, 0.2) is 17.6 Å². The van der Waals surface area contributed by atoms with Gasteiger partial charge >= 0.3 is 0 Å². The van der Waals surface area contributed by atoms with Crippen molar-refractivity contribution in [3.05, 3.63) is 24.3 Å². The molecule has 7 nitrogen and oxygen atoms in total. The van der Waals surface area contributed by atoms with E-state index in [1.54, 1.807) is 0 Å². The number of nitrogens with zero attached hydrogens (tertiary/aromatic N) is 5. The average molecular weight is 474 g/mol. The second-order valence-corrected chi connectivity index (χ2v) is 7.21. The summed E-state index contributed by atoms with van der Waals surface area (Å²) in [6, 6.07) is 0.